The number of aliphatic hydroxyl groups is 2. The van der Waals surface area contributed by atoms with Gasteiger partial charge in [0.15, 0.2) is 0 Å². The van der Waals surface area contributed by atoms with Gasteiger partial charge in [0.2, 0.25) is 5.91 Å². The summed E-state index contributed by atoms with van der Waals surface area (Å²) in [5, 5.41) is 27.0. The zero-order valence-corrected chi connectivity index (χ0v) is 19.8. The first-order valence-corrected chi connectivity index (χ1v) is 11.9. The topological polar surface area (TPSA) is 118 Å². The molecule has 0 aromatic carbocycles. The Balaban J connectivity index is 4.03. The molecule has 0 bridgehead atoms. The minimum Gasteiger partial charge on any atom is -0.390 e. The summed E-state index contributed by atoms with van der Waals surface area (Å²) in [5.41, 5.74) is 7.93. The minimum absolute atomic E-state index is 0.0883. The van der Waals surface area contributed by atoms with Gasteiger partial charge in [0, 0.05) is 16.9 Å². The number of amides is 1. The zero-order valence-electron chi connectivity index (χ0n) is 19.8. The van der Waals surface area contributed by atoms with E-state index in [2.05, 4.69) is 22.3 Å². The predicted octanol–water partition coefficient (Wildman–Crippen LogP) is 5.64. The lowest BCUT2D eigenvalue weighted by atomic mass is 9.93. The number of hydrogen-bond donors (Lipinski definition) is 3. The number of nitrogens with zero attached hydrogens (tertiary/aromatic N) is 3. The van der Waals surface area contributed by atoms with Gasteiger partial charge in [0.05, 0.1) is 12.1 Å². The van der Waals surface area contributed by atoms with E-state index in [1.165, 1.54) is 57.8 Å². The van der Waals surface area contributed by atoms with Crippen molar-refractivity contribution >= 4 is 5.91 Å². The molecule has 3 N–H and O–H groups in total. The Morgan fingerprint density at radius 2 is 1.40 bits per heavy atom. The highest BCUT2D eigenvalue weighted by atomic mass is 16.3. The van der Waals surface area contributed by atoms with Crippen molar-refractivity contribution in [1.82, 2.24) is 5.32 Å². The number of rotatable bonds is 18. The van der Waals surface area contributed by atoms with Gasteiger partial charge < -0.3 is 15.5 Å². The van der Waals surface area contributed by atoms with Crippen LogP contribution in [0.15, 0.2) is 5.11 Å². The number of azide groups is 1. The van der Waals surface area contributed by atoms with E-state index >= 15 is 0 Å². The molecule has 7 nitrogen and oxygen atoms in total. The Morgan fingerprint density at radius 3 is 1.83 bits per heavy atom. The van der Waals surface area contributed by atoms with Crippen molar-refractivity contribution in [1.29, 1.82) is 0 Å². The number of aliphatic hydroxyl groups excluding tert-OH is 2. The Hall–Kier alpha value is -1.30. The lowest BCUT2D eigenvalue weighted by Gasteiger charge is -2.29. The van der Waals surface area contributed by atoms with Crippen molar-refractivity contribution in [2.45, 2.75) is 129 Å². The van der Waals surface area contributed by atoms with Crippen molar-refractivity contribution < 1.29 is 15.0 Å². The average molecular weight is 427 g/mol. The van der Waals surface area contributed by atoms with Crippen LogP contribution >= 0.6 is 0 Å². The maximum absolute atomic E-state index is 12.2. The summed E-state index contributed by atoms with van der Waals surface area (Å²) in [6.45, 7) is 7.45. The molecular weight excluding hydrogens is 380 g/mol. The summed E-state index contributed by atoms with van der Waals surface area (Å²) in [4.78, 5) is 14.9. The van der Waals surface area contributed by atoms with Gasteiger partial charge in [-0.25, -0.2) is 0 Å². The second-order valence-corrected chi connectivity index (χ2v) is 9.48. The maximum Gasteiger partial charge on any atom is 0.225 e. The van der Waals surface area contributed by atoms with Gasteiger partial charge in [-0.2, -0.15) is 0 Å². The SMILES string of the molecule is CCCCCCCCCCCCCC[C@H](O)[C@@H](O)[C@H](CN=[N+]=[N-])NC(=O)C(C)(C)C. The number of nitrogens with one attached hydrogen (secondary N) is 1. The van der Waals surface area contributed by atoms with E-state index in [0.29, 0.717) is 6.42 Å². The van der Waals surface area contributed by atoms with Gasteiger partial charge in [-0.3, -0.25) is 4.79 Å². The first-order chi connectivity index (χ1) is 14.2. The fourth-order valence-electron chi connectivity index (χ4n) is 3.38. The van der Waals surface area contributed by atoms with Crippen molar-refractivity contribution in [3.63, 3.8) is 0 Å². The number of hydrogen-bond acceptors (Lipinski definition) is 4. The summed E-state index contributed by atoms with van der Waals surface area (Å²) in [7, 11) is 0. The third kappa shape index (κ3) is 14.6. The number of unbranched alkanes of at least 4 members (excludes halogenated alkanes) is 11. The van der Waals surface area contributed by atoms with Crippen LogP contribution in [0.2, 0.25) is 0 Å². The predicted molar refractivity (Wildman–Crippen MR) is 123 cm³/mol. The molecule has 0 rings (SSSR count). The molecule has 0 aliphatic rings. The first-order valence-electron chi connectivity index (χ1n) is 11.9. The van der Waals surface area contributed by atoms with Crippen LogP contribution in [0.25, 0.3) is 10.4 Å². The van der Waals surface area contributed by atoms with Gasteiger partial charge in [-0.1, -0.05) is 110 Å². The van der Waals surface area contributed by atoms with Crippen molar-refractivity contribution in [3.8, 4) is 0 Å². The molecular formula is C23H46N4O3. The average Bonchev–Trinajstić information content (AvgIpc) is 2.70. The Morgan fingerprint density at radius 1 is 0.933 bits per heavy atom. The van der Waals surface area contributed by atoms with E-state index in [1.807, 2.05) is 0 Å². The largest absolute Gasteiger partial charge is 0.390 e. The van der Waals surface area contributed by atoms with Crippen LogP contribution in [-0.4, -0.2) is 40.9 Å². The van der Waals surface area contributed by atoms with Crippen LogP contribution in [0.4, 0.5) is 0 Å². The molecule has 0 heterocycles. The summed E-state index contributed by atoms with van der Waals surface area (Å²) >= 11 is 0. The molecule has 0 radical (unpaired) electrons. The molecule has 0 fully saturated rings. The fourth-order valence-corrected chi connectivity index (χ4v) is 3.38. The van der Waals surface area contributed by atoms with Crippen LogP contribution in [0.3, 0.4) is 0 Å². The molecule has 176 valence electrons. The van der Waals surface area contributed by atoms with Crippen molar-refractivity contribution in [2.24, 2.45) is 10.5 Å². The highest BCUT2D eigenvalue weighted by Gasteiger charge is 2.30. The molecule has 0 aliphatic heterocycles. The zero-order chi connectivity index (χ0) is 22.8. The van der Waals surface area contributed by atoms with Crippen LogP contribution in [0.1, 0.15) is 111 Å². The number of carbonyl (C=O) groups excluding carboxylic acids is 1. The third-order valence-corrected chi connectivity index (χ3v) is 5.50. The van der Waals surface area contributed by atoms with Crippen LogP contribution in [0.5, 0.6) is 0 Å². The van der Waals surface area contributed by atoms with Gasteiger partial charge in [-0.05, 0) is 12.0 Å². The Bertz CT molecular complexity index is 487. The molecule has 0 aliphatic carbocycles. The van der Waals surface area contributed by atoms with Crippen LogP contribution in [0, 0.1) is 5.41 Å². The summed E-state index contributed by atoms with van der Waals surface area (Å²) in [5.74, 6) is -0.253. The highest BCUT2D eigenvalue weighted by molar-refractivity contribution is 5.81. The molecule has 0 saturated carbocycles. The summed E-state index contributed by atoms with van der Waals surface area (Å²) in [6, 6.07) is -0.792. The fraction of sp³-hybridized carbons (Fsp3) is 0.957. The van der Waals surface area contributed by atoms with E-state index in [1.54, 1.807) is 20.8 Å². The number of carbonyl (C=O) groups is 1. The smallest absolute Gasteiger partial charge is 0.225 e. The van der Waals surface area contributed by atoms with E-state index in [-0.39, 0.29) is 12.5 Å². The third-order valence-electron chi connectivity index (χ3n) is 5.50. The van der Waals surface area contributed by atoms with Gasteiger partial charge in [0.1, 0.15) is 6.10 Å². The van der Waals surface area contributed by atoms with E-state index < -0.39 is 23.7 Å². The van der Waals surface area contributed by atoms with E-state index in [0.717, 1.165) is 19.3 Å². The normalized spacial score (nSPS) is 14.6. The van der Waals surface area contributed by atoms with Gasteiger partial charge in [-0.15, -0.1) is 0 Å². The lowest BCUT2D eigenvalue weighted by Crippen LogP contribution is -2.52. The molecule has 0 spiro atoms. The van der Waals surface area contributed by atoms with Crippen molar-refractivity contribution in [3.05, 3.63) is 10.4 Å². The van der Waals surface area contributed by atoms with Crippen LogP contribution in [-0.2, 0) is 4.79 Å². The lowest BCUT2D eigenvalue weighted by molar-refractivity contribution is -0.130. The Kier molecular flexibility index (Phi) is 16.6. The molecule has 0 aromatic heterocycles. The Labute approximate surface area is 183 Å². The quantitative estimate of drug-likeness (QED) is 0.114. The molecule has 3 atom stereocenters. The van der Waals surface area contributed by atoms with E-state index in [9.17, 15) is 15.0 Å². The van der Waals surface area contributed by atoms with E-state index in [4.69, 9.17) is 5.53 Å². The van der Waals surface area contributed by atoms with Gasteiger partial charge in [0.25, 0.3) is 0 Å². The van der Waals surface area contributed by atoms with Crippen LogP contribution < -0.4 is 5.32 Å². The standard InChI is InChI=1S/C23H46N4O3/c1-5-6-7-8-9-10-11-12-13-14-15-16-17-20(28)21(29)19(18-25-27-24)26-22(30)23(2,3)4/h19-21,28-29H,5-18H2,1-4H3,(H,26,30)/t19-,20-,21-/m0/s1. The first kappa shape index (κ1) is 28.7. The second-order valence-electron chi connectivity index (χ2n) is 9.48. The minimum atomic E-state index is -1.16. The molecule has 0 aromatic rings. The molecule has 7 heteroatoms. The summed E-state index contributed by atoms with van der Waals surface area (Å²) < 4.78 is 0. The molecule has 0 unspecified atom stereocenters. The highest BCUT2D eigenvalue weighted by Crippen LogP contribution is 2.17. The molecule has 30 heavy (non-hydrogen) atoms. The molecule has 1 amide bonds. The second kappa shape index (κ2) is 17.4. The summed E-state index contributed by atoms with van der Waals surface area (Å²) in [6.07, 6.45) is 13.2. The maximum atomic E-state index is 12.2. The monoisotopic (exact) mass is 426 g/mol. The van der Waals surface area contributed by atoms with Crippen molar-refractivity contribution in [2.75, 3.05) is 6.54 Å². The van der Waals surface area contributed by atoms with Gasteiger partial charge >= 0.3 is 0 Å². The molecule has 0 saturated heterocycles.